The topological polar surface area (TPSA) is 32.6 Å². The second-order valence-electron chi connectivity index (χ2n) is 3.13. The number of nitrogens with zero attached hydrogens (tertiary/aromatic N) is 1. The molecule has 0 amide bonds. The fourth-order valence-corrected chi connectivity index (χ4v) is 1.98. The molecule has 0 fully saturated rings. The van der Waals surface area contributed by atoms with Crippen LogP contribution in [0.4, 0.5) is 0 Å². The third-order valence-electron chi connectivity index (χ3n) is 2.07. The van der Waals surface area contributed by atoms with E-state index >= 15 is 0 Å². The zero-order valence-electron chi connectivity index (χ0n) is 8.20. The summed E-state index contributed by atoms with van der Waals surface area (Å²) in [6.07, 6.45) is 3.01. The molecule has 0 aliphatic carbocycles. The molecule has 0 heterocycles. The van der Waals surface area contributed by atoms with Crippen molar-refractivity contribution < 1.29 is 5.21 Å². The Labute approximate surface area is 98.2 Å². The molecular weight excluding hydrogens is 289 g/mol. The summed E-state index contributed by atoms with van der Waals surface area (Å²) in [4.78, 5) is 0. The summed E-state index contributed by atoms with van der Waals surface area (Å²) in [6.45, 7) is 2.13. The van der Waals surface area contributed by atoms with Gasteiger partial charge in [0.25, 0.3) is 0 Å². The van der Waals surface area contributed by atoms with Gasteiger partial charge in [-0.05, 0) is 41.5 Å². The molecule has 0 saturated heterocycles. The first-order valence-corrected chi connectivity index (χ1v) is 5.83. The van der Waals surface area contributed by atoms with Crippen molar-refractivity contribution in [2.45, 2.75) is 26.2 Å². The van der Waals surface area contributed by atoms with Gasteiger partial charge in [0.05, 0.1) is 5.71 Å². The van der Waals surface area contributed by atoms with Crippen LogP contribution in [0.3, 0.4) is 0 Å². The molecule has 14 heavy (non-hydrogen) atoms. The largest absolute Gasteiger partial charge is 0.411 e. The lowest BCUT2D eigenvalue weighted by Gasteiger charge is -2.05. The van der Waals surface area contributed by atoms with Gasteiger partial charge in [-0.25, -0.2) is 0 Å². The van der Waals surface area contributed by atoms with Gasteiger partial charge in [-0.2, -0.15) is 0 Å². The van der Waals surface area contributed by atoms with Crippen molar-refractivity contribution in [2.75, 3.05) is 0 Å². The molecule has 1 aromatic rings. The van der Waals surface area contributed by atoms with Crippen LogP contribution in [0.5, 0.6) is 0 Å². The van der Waals surface area contributed by atoms with Crippen molar-refractivity contribution in [3.8, 4) is 0 Å². The van der Waals surface area contributed by atoms with Gasteiger partial charge >= 0.3 is 0 Å². The monoisotopic (exact) mass is 303 g/mol. The van der Waals surface area contributed by atoms with Crippen molar-refractivity contribution in [1.82, 2.24) is 0 Å². The summed E-state index contributed by atoms with van der Waals surface area (Å²) in [5.41, 5.74) is 1.83. The lowest BCUT2D eigenvalue weighted by Crippen LogP contribution is -2.03. The molecule has 0 bridgehead atoms. The first kappa shape index (κ1) is 11.5. The Balaban J connectivity index is 2.85. The maximum absolute atomic E-state index is 8.92. The highest BCUT2D eigenvalue weighted by Gasteiger charge is 2.06. The molecule has 3 heteroatoms. The van der Waals surface area contributed by atoms with E-state index in [1.54, 1.807) is 0 Å². The Morgan fingerprint density at radius 3 is 2.71 bits per heavy atom. The van der Waals surface area contributed by atoms with Crippen LogP contribution in [-0.2, 0) is 0 Å². The molecule has 0 atom stereocenters. The minimum absolute atomic E-state index is 0.789. The third-order valence-corrected chi connectivity index (χ3v) is 3.01. The van der Waals surface area contributed by atoms with Crippen molar-refractivity contribution in [3.63, 3.8) is 0 Å². The predicted octanol–water partition coefficient (Wildman–Crippen LogP) is 3.66. The summed E-state index contributed by atoms with van der Waals surface area (Å²) in [6, 6.07) is 7.97. The van der Waals surface area contributed by atoms with Gasteiger partial charge in [0, 0.05) is 9.13 Å². The van der Waals surface area contributed by atoms with Crippen LogP contribution in [0, 0.1) is 3.57 Å². The zero-order chi connectivity index (χ0) is 10.4. The maximum atomic E-state index is 8.92. The molecule has 0 spiro atoms. The minimum atomic E-state index is 0.789. The van der Waals surface area contributed by atoms with E-state index < -0.39 is 0 Å². The third kappa shape index (κ3) is 2.97. The SMILES string of the molecule is CCCC/C(=N\O)c1ccccc1I. The zero-order valence-corrected chi connectivity index (χ0v) is 10.4. The van der Waals surface area contributed by atoms with Gasteiger partial charge in [-0.3, -0.25) is 0 Å². The first-order chi connectivity index (χ1) is 6.79. The Morgan fingerprint density at radius 1 is 1.43 bits per heavy atom. The summed E-state index contributed by atoms with van der Waals surface area (Å²) >= 11 is 2.26. The number of halogens is 1. The smallest absolute Gasteiger partial charge is 0.0878 e. The van der Waals surface area contributed by atoms with Gasteiger partial charge in [-0.15, -0.1) is 0 Å². The number of hydrogen-bond acceptors (Lipinski definition) is 2. The normalized spacial score (nSPS) is 11.7. The molecule has 0 aliphatic heterocycles. The molecule has 0 radical (unpaired) electrons. The van der Waals surface area contributed by atoms with Crippen LogP contribution in [-0.4, -0.2) is 10.9 Å². The number of benzene rings is 1. The van der Waals surface area contributed by atoms with E-state index in [0.717, 1.165) is 34.1 Å². The summed E-state index contributed by atoms with van der Waals surface area (Å²) in [7, 11) is 0. The summed E-state index contributed by atoms with van der Waals surface area (Å²) < 4.78 is 1.13. The molecule has 1 N–H and O–H groups in total. The summed E-state index contributed by atoms with van der Waals surface area (Å²) in [5, 5.41) is 12.3. The average molecular weight is 303 g/mol. The average Bonchev–Trinajstić information content (AvgIpc) is 2.21. The van der Waals surface area contributed by atoms with Crippen LogP contribution in [0.1, 0.15) is 31.7 Å². The highest BCUT2D eigenvalue weighted by molar-refractivity contribution is 14.1. The molecule has 76 valence electrons. The number of unbranched alkanes of at least 4 members (excludes halogenated alkanes) is 1. The maximum Gasteiger partial charge on any atom is 0.0878 e. The molecule has 2 nitrogen and oxygen atoms in total. The van der Waals surface area contributed by atoms with E-state index in [9.17, 15) is 0 Å². The van der Waals surface area contributed by atoms with Crippen molar-refractivity contribution in [1.29, 1.82) is 0 Å². The van der Waals surface area contributed by atoms with Crippen LogP contribution in [0.2, 0.25) is 0 Å². The van der Waals surface area contributed by atoms with E-state index in [2.05, 4.69) is 34.7 Å². The standard InChI is InChI=1S/C11H14INO/c1-2-3-8-11(13-14)9-6-4-5-7-10(9)12/h4-7,14H,2-3,8H2,1H3/b13-11+. The Bertz CT molecular complexity index is 323. The highest BCUT2D eigenvalue weighted by atomic mass is 127. The Kier molecular flexibility index (Phi) is 4.93. The second-order valence-corrected chi connectivity index (χ2v) is 4.29. The fourth-order valence-electron chi connectivity index (χ4n) is 1.28. The van der Waals surface area contributed by atoms with Crippen molar-refractivity contribution in [3.05, 3.63) is 33.4 Å². The lowest BCUT2D eigenvalue weighted by atomic mass is 10.1. The molecular formula is C11H14INO. The van der Waals surface area contributed by atoms with E-state index in [1.807, 2.05) is 24.3 Å². The first-order valence-electron chi connectivity index (χ1n) is 4.75. The van der Waals surface area contributed by atoms with Crippen LogP contribution in [0.15, 0.2) is 29.4 Å². The Hall–Kier alpha value is -0.580. The number of rotatable bonds is 4. The van der Waals surface area contributed by atoms with E-state index in [-0.39, 0.29) is 0 Å². The Morgan fingerprint density at radius 2 is 2.14 bits per heavy atom. The fraction of sp³-hybridized carbons (Fsp3) is 0.364. The van der Waals surface area contributed by atoms with E-state index in [4.69, 9.17) is 5.21 Å². The van der Waals surface area contributed by atoms with Gasteiger partial charge in [0.1, 0.15) is 0 Å². The van der Waals surface area contributed by atoms with E-state index in [0.29, 0.717) is 0 Å². The van der Waals surface area contributed by atoms with Crippen molar-refractivity contribution in [2.24, 2.45) is 5.16 Å². The molecule has 0 aliphatic rings. The van der Waals surface area contributed by atoms with Crippen LogP contribution < -0.4 is 0 Å². The molecule has 1 aromatic carbocycles. The van der Waals surface area contributed by atoms with Crippen LogP contribution >= 0.6 is 22.6 Å². The number of hydrogen-bond donors (Lipinski definition) is 1. The second kappa shape index (κ2) is 6.01. The van der Waals surface area contributed by atoms with Gasteiger partial charge < -0.3 is 5.21 Å². The minimum Gasteiger partial charge on any atom is -0.411 e. The lowest BCUT2D eigenvalue weighted by molar-refractivity contribution is 0.317. The van der Waals surface area contributed by atoms with Gasteiger partial charge in [-0.1, -0.05) is 36.7 Å². The van der Waals surface area contributed by atoms with Crippen molar-refractivity contribution >= 4 is 28.3 Å². The number of oxime groups is 1. The van der Waals surface area contributed by atoms with Gasteiger partial charge in [0.15, 0.2) is 0 Å². The summed E-state index contributed by atoms with van der Waals surface area (Å²) in [5.74, 6) is 0. The van der Waals surface area contributed by atoms with E-state index in [1.165, 1.54) is 0 Å². The molecule has 0 aromatic heterocycles. The quantitative estimate of drug-likeness (QED) is 0.391. The molecule has 0 unspecified atom stereocenters. The van der Waals surface area contributed by atoms with Crippen LogP contribution in [0.25, 0.3) is 0 Å². The predicted molar refractivity (Wildman–Crippen MR) is 67.0 cm³/mol. The molecule has 1 rings (SSSR count). The highest BCUT2D eigenvalue weighted by Crippen LogP contribution is 2.15. The molecule has 0 saturated carbocycles. The van der Waals surface area contributed by atoms with Gasteiger partial charge in [0.2, 0.25) is 0 Å².